The third-order valence-corrected chi connectivity index (χ3v) is 3.69. The SMILES string of the molecule is CCNC(=NCc1cccc(NC(C)=O)c1)NCCN(C)CCCOC. The van der Waals surface area contributed by atoms with Crippen LogP contribution in [0.2, 0.25) is 0 Å². The van der Waals surface area contributed by atoms with E-state index in [-0.39, 0.29) is 5.91 Å². The number of carbonyl (C=O) groups excluding carboxylic acids is 1. The Morgan fingerprint density at radius 1 is 1.27 bits per heavy atom. The lowest BCUT2D eigenvalue weighted by Gasteiger charge is -2.18. The van der Waals surface area contributed by atoms with Crippen LogP contribution in [-0.2, 0) is 16.1 Å². The molecule has 0 aromatic heterocycles. The van der Waals surface area contributed by atoms with E-state index in [0.29, 0.717) is 6.54 Å². The molecule has 0 heterocycles. The lowest BCUT2D eigenvalue weighted by molar-refractivity contribution is -0.114. The molecule has 1 rings (SSSR count). The Bertz CT molecular complexity index is 563. The van der Waals surface area contributed by atoms with Crippen LogP contribution in [0.5, 0.6) is 0 Å². The number of carbonyl (C=O) groups is 1. The molecular formula is C19H33N5O2. The average molecular weight is 364 g/mol. The van der Waals surface area contributed by atoms with Gasteiger partial charge >= 0.3 is 0 Å². The minimum Gasteiger partial charge on any atom is -0.385 e. The first-order valence-corrected chi connectivity index (χ1v) is 9.11. The fourth-order valence-electron chi connectivity index (χ4n) is 2.42. The number of ether oxygens (including phenoxy) is 1. The number of aliphatic imine (C=N–C) groups is 1. The number of hydrogen-bond donors (Lipinski definition) is 3. The third-order valence-electron chi connectivity index (χ3n) is 3.69. The lowest BCUT2D eigenvalue weighted by atomic mass is 10.2. The zero-order chi connectivity index (χ0) is 19.2. The van der Waals surface area contributed by atoms with Gasteiger partial charge in [-0.15, -0.1) is 0 Å². The Labute approximate surface area is 157 Å². The van der Waals surface area contributed by atoms with Crippen LogP contribution in [0.15, 0.2) is 29.3 Å². The first-order chi connectivity index (χ1) is 12.5. The van der Waals surface area contributed by atoms with Gasteiger partial charge in [-0.3, -0.25) is 4.79 Å². The molecule has 3 N–H and O–H groups in total. The number of hydrogen-bond acceptors (Lipinski definition) is 4. The van der Waals surface area contributed by atoms with E-state index in [2.05, 4.69) is 32.9 Å². The van der Waals surface area contributed by atoms with Crippen LogP contribution in [0.3, 0.4) is 0 Å². The molecule has 146 valence electrons. The summed E-state index contributed by atoms with van der Waals surface area (Å²) in [5, 5.41) is 9.40. The van der Waals surface area contributed by atoms with Crippen LogP contribution >= 0.6 is 0 Å². The van der Waals surface area contributed by atoms with Crippen LogP contribution in [0, 0.1) is 0 Å². The standard InChI is InChI=1S/C19H33N5O2/c1-5-20-19(21-10-12-24(3)11-7-13-26-4)22-15-17-8-6-9-18(14-17)23-16(2)25/h6,8-9,14H,5,7,10-13,15H2,1-4H3,(H,23,25)(H2,20,21,22). The Morgan fingerprint density at radius 3 is 2.77 bits per heavy atom. The van der Waals surface area contributed by atoms with Crippen molar-refractivity contribution in [3.05, 3.63) is 29.8 Å². The van der Waals surface area contributed by atoms with Crippen molar-refractivity contribution >= 4 is 17.6 Å². The second-order valence-corrected chi connectivity index (χ2v) is 6.15. The number of likely N-dealkylation sites (N-methyl/N-ethyl adjacent to an activating group) is 1. The Hall–Kier alpha value is -2.12. The molecule has 1 aromatic carbocycles. The van der Waals surface area contributed by atoms with Gasteiger partial charge in [0, 0.05) is 52.5 Å². The highest BCUT2D eigenvalue weighted by atomic mass is 16.5. The molecule has 0 aliphatic rings. The number of anilines is 1. The van der Waals surface area contributed by atoms with Crippen molar-refractivity contribution in [3.8, 4) is 0 Å². The Kier molecular flexibility index (Phi) is 11.1. The molecule has 7 nitrogen and oxygen atoms in total. The quantitative estimate of drug-likeness (QED) is 0.317. The maximum atomic E-state index is 11.2. The second kappa shape index (κ2) is 13.1. The van der Waals surface area contributed by atoms with Gasteiger partial charge in [0.05, 0.1) is 6.54 Å². The zero-order valence-corrected chi connectivity index (χ0v) is 16.5. The van der Waals surface area contributed by atoms with Crippen LogP contribution in [0.4, 0.5) is 5.69 Å². The lowest BCUT2D eigenvalue weighted by Crippen LogP contribution is -2.41. The van der Waals surface area contributed by atoms with Crippen molar-refractivity contribution in [2.24, 2.45) is 4.99 Å². The summed E-state index contributed by atoms with van der Waals surface area (Å²) in [5.41, 5.74) is 1.84. The summed E-state index contributed by atoms with van der Waals surface area (Å²) >= 11 is 0. The van der Waals surface area contributed by atoms with E-state index in [0.717, 1.165) is 56.4 Å². The Balaban J connectivity index is 2.49. The summed E-state index contributed by atoms with van der Waals surface area (Å²) in [5.74, 6) is 0.720. The highest BCUT2D eigenvalue weighted by Crippen LogP contribution is 2.11. The van der Waals surface area contributed by atoms with E-state index < -0.39 is 0 Å². The molecule has 0 fully saturated rings. The molecule has 1 aromatic rings. The molecule has 7 heteroatoms. The largest absolute Gasteiger partial charge is 0.385 e. The first kappa shape index (κ1) is 21.9. The van der Waals surface area contributed by atoms with E-state index in [1.54, 1.807) is 7.11 Å². The summed E-state index contributed by atoms with van der Waals surface area (Å²) < 4.78 is 5.08. The number of benzene rings is 1. The minimum absolute atomic E-state index is 0.0738. The smallest absolute Gasteiger partial charge is 0.221 e. The molecule has 0 spiro atoms. The predicted octanol–water partition coefficient (Wildman–Crippen LogP) is 1.67. The highest BCUT2D eigenvalue weighted by Gasteiger charge is 2.02. The fourth-order valence-corrected chi connectivity index (χ4v) is 2.42. The monoisotopic (exact) mass is 363 g/mol. The van der Waals surface area contributed by atoms with Crippen molar-refractivity contribution in [1.82, 2.24) is 15.5 Å². The predicted molar refractivity (Wildman–Crippen MR) is 108 cm³/mol. The maximum Gasteiger partial charge on any atom is 0.221 e. The number of nitrogens with zero attached hydrogens (tertiary/aromatic N) is 2. The van der Waals surface area contributed by atoms with E-state index in [4.69, 9.17) is 4.74 Å². The van der Waals surface area contributed by atoms with Crippen molar-refractivity contribution in [3.63, 3.8) is 0 Å². The fraction of sp³-hybridized carbons (Fsp3) is 0.579. The van der Waals surface area contributed by atoms with E-state index in [9.17, 15) is 4.79 Å². The molecule has 0 atom stereocenters. The summed E-state index contributed by atoms with van der Waals surface area (Å²) in [6.45, 7) is 8.47. The molecule has 26 heavy (non-hydrogen) atoms. The van der Waals surface area contributed by atoms with Gasteiger partial charge in [-0.25, -0.2) is 4.99 Å². The van der Waals surface area contributed by atoms with Gasteiger partial charge in [0.15, 0.2) is 5.96 Å². The average Bonchev–Trinajstić information content (AvgIpc) is 2.59. The van der Waals surface area contributed by atoms with E-state index in [1.807, 2.05) is 31.2 Å². The molecule has 0 saturated heterocycles. The van der Waals surface area contributed by atoms with Gasteiger partial charge in [-0.1, -0.05) is 12.1 Å². The van der Waals surface area contributed by atoms with Gasteiger partial charge in [0.25, 0.3) is 0 Å². The molecule has 0 bridgehead atoms. The zero-order valence-electron chi connectivity index (χ0n) is 16.5. The number of rotatable bonds is 11. The number of amides is 1. The second-order valence-electron chi connectivity index (χ2n) is 6.15. The van der Waals surface area contributed by atoms with Crippen molar-refractivity contribution in [2.45, 2.75) is 26.8 Å². The molecule has 0 saturated carbocycles. The minimum atomic E-state index is -0.0738. The molecule has 1 amide bonds. The van der Waals surface area contributed by atoms with E-state index in [1.165, 1.54) is 6.92 Å². The van der Waals surface area contributed by atoms with Gasteiger partial charge in [0.1, 0.15) is 0 Å². The number of nitrogens with one attached hydrogen (secondary N) is 3. The van der Waals surface area contributed by atoms with Crippen molar-refractivity contribution in [2.75, 3.05) is 52.3 Å². The summed E-state index contributed by atoms with van der Waals surface area (Å²) in [4.78, 5) is 18.1. The van der Waals surface area contributed by atoms with Crippen LogP contribution < -0.4 is 16.0 Å². The van der Waals surface area contributed by atoms with Crippen LogP contribution in [0.1, 0.15) is 25.8 Å². The molecule has 0 radical (unpaired) electrons. The summed E-state index contributed by atoms with van der Waals surface area (Å²) in [7, 11) is 3.83. The van der Waals surface area contributed by atoms with Crippen molar-refractivity contribution in [1.29, 1.82) is 0 Å². The maximum absolute atomic E-state index is 11.2. The van der Waals surface area contributed by atoms with E-state index >= 15 is 0 Å². The van der Waals surface area contributed by atoms with Crippen LogP contribution in [-0.4, -0.2) is 63.7 Å². The van der Waals surface area contributed by atoms with Crippen molar-refractivity contribution < 1.29 is 9.53 Å². The first-order valence-electron chi connectivity index (χ1n) is 9.11. The normalized spacial score (nSPS) is 11.5. The molecule has 0 aliphatic heterocycles. The number of guanidine groups is 1. The topological polar surface area (TPSA) is 78.0 Å². The molecular weight excluding hydrogens is 330 g/mol. The van der Waals surface area contributed by atoms with Gasteiger partial charge in [-0.05, 0) is 38.1 Å². The van der Waals surface area contributed by atoms with Gasteiger partial charge < -0.3 is 25.6 Å². The van der Waals surface area contributed by atoms with Gasteiger partial charge in [-0.2, -0.15) is 0 Å². The third kappa shape index (κ3) is 10.0. The summed E-state index contributed by atoms with van der Waals surface area (Å²) in [6, 6.07) is 7.74. The Morgan fingerprint density at radius 2 is 2.08 bits per heavy atom. The molecule has 0 aliphatic carbocycles. The summed E-state index contributed by atoms with van der Waals surface area (Å²) in [6.07, 6.45) is 1.03. The highest BCUT2D eigenvalue weighted by molar-refractivity contribution is 5.88. The van der Waals surface area contributed by atoms with Crippen LogP contribution in [0.25, 0.3) is 0 Å². The number of methoxy groups -OCH3 is 1. The molecule has 0 unspecified atom stereocenters. The van der Waals surface area contributed by atoms with Gasteiger partial charge in [0.2, 0.25) is 5.91 Å².